The molecule has 0 atom stereocenters. The lowest BCUT2D eigenvalue weighted by Gasteiger charge is -2.06. The standard InChI is InChI=1S/C8H11NO3/c10-3-4-12-8-1-2-9-5-7(8)6-11/h1-2,5,10-11H,3-4,6H2. The number of hydrogen-bond acceptors (Lipinski definition) is 4. The molecule has 4 heteroatoms. The summed E-state index contributed by atoms with van der Waals surface area (Å²) in [7, 11) is 0. The van der Waals surface area contributed by atoms with Gasteiger partial charge < -0.3 is 14.9 Å². The van der Waals surface area contributed by atoms with Crippen LogP contribution in [0.5, 0.6) is 5.75 Å². The quantitative estimate of drug-likeness (QED) is 0.663. The van der Waals surface area contributed by atoms with Gasteiger partial charge in [-0.2, -0.15) is 0 Å². The largest absolute Gasteiger partial charge is 0.491 e. The number of hydrogen-bond donors (Lipinski definition) is 2. The first-order valence-corrected chi connectivity index (χ1v) is 3.66. The van der Waals surface area contributed by atoms with Gasteiger partial charge in [-0.05, 0) is 6.07 Å². The Morgan fingerprint density at radius 2 is 2.25 bits per heavy atom. The van der Waals surface area contributed by atoms with E-state index >= 15 is 0 Å². The lowest BCUT2D eigenvalue weighted by atomic mass is 10.3. The van der Waals surface area contributed by atoms with E-state index in [-0.39, 0.29) is 19.8 Å². The van der Waals surface area contributed by atoms with Gasteiger partial charge in [-0.1, -0.05) is 0 Å². The summed E-state index contributed by atoms with van der Waals surface area (Å²) in [6, 6.07) is 1.65. The van der Waals surface area contributed by atoms with E-state index in [0.717, 1.165) is 0 Å². The summed E-state index contributed by atoms with van der Waals surface area (Å²) < 4.78 is 5.13. The third-order valence-corrected chi connectivity index (χ3v) is 1.38. The molecular weight excluding hydrogens is 158 g/mol. The maximum atomic E-state index is 8.84. The van der Waals surface area contributed by atoms with Crippen LogP contribution in [0.3, 0.4) is 0 Å². The Labute approximate surface area is 70.4 Å². The Morgan fingerprint density at radius 1 is 1.42 bits per heavy atom. The van der Waals surface area contributed by atoms with E-state index in [1.165, 1.54) is 6.20 Å². The van der Waals surface area contributed by atoms with Gasteiger partial charge in [-0.15, -0.1) is 0 Å². The van der Waals surface area contributed by atoms with Gasteiger partial charge >= 0.3 is 0 Å². The molecule has 0 aliphatic rings. The van der Waals surface area contributed by atoms with Crippen LogP contribution in [0.1, 0.15) is 5.56 Å². The van der Waals surface area contributed by atoms with Gasteiger partial charge in [0, 0.05) is 18.0 Å². The molecule has 2 N–H and O–H groups in total. The van der Waals surface area contributed by atoms with Crippen LogP contribution in [-0.4, -0.2) is 28.4 Å². The smallest absolute Gasteiger partial charge is 0.128 e. The zero-order valence-electron chi connectivity index (χ0n) is 6.60. The fourth-order valence-corrected chi connectivity index (χ4v) is 0.830. The minimum atomic E-state index is -0.103. The minimum absolute atomic E-state index is 0.0345. The van der Waals surface area contributed by atoms with E-state index in [1.54, 1.807) is 12.3 Å². The van der Waals surface area contributed by atoms with Crippen LogP contribution in [0.25, 0.3) is 0 Å². The molecule has 0 aliphatic heterocycles. The molecular formula is C8H11NO3. The first kappa shape index (κ1) is 8.96. The highest BCUT2D eigenvalue weighted by Crippen LogP contribution is 2.15. The second-order valence-electron chi connectivity index (χ2n) is 2.21. The lowest BCUT2D eigenvalue weighted by molar-refractivity contribution is 0.195. The molecule has 0 bridgehead atoms. The summed E-state index contributed by atoms with van der Waals surface area (Å²) in [5.41, 5.74) is 0.631. The summed E-state index contributed by atoms with van der Waals surface area (Å²) >= 11 is 0. The van der Waals surface area contributed by atoms with Gasteiger partial charge in [0.05, 0.1) is 13.2 Å². The average molecular weight is 169 g/mol. The van der Waals surface area contributed by atoms with Crippen molar-refractivity contribution in [1.29, 1.82) is 0 Å². The highest BCUT2D eigenvalue weighted by atomic mass is 16.5. The molecule has 0 aliphatic carbocycles. The van der Waals surface area contributed by atoms with E-state index in [0.29, 0.717) is 11.3 Å². The van der Waals surface area contributed by atoms with Crippen molar-refractivity contribution < 1.29 is 14.9 Å². The third kappa shape index (κ3) is 2.18. The van der Waals surface area contributed by atoms with Crippen molar-refractivity contribution in [3.8, 4) is 5.75 Å². The molecule has 0 unspecified atom stereocenters. The number of aromatic nitrogens is 1. The fourth-order valence-electron chi connectivity index (χ4n) is 0.830. The molecule has 66 valence electrons. The number of nitrogens with zero attached hydrogens (tertiary/aromatic N) is 1. The van der Waals surface area contributed by atoms with E-state index < -0.39 is 0 Å². The SMILES string of the molecule is OCCOc1ccncc1CO. The Hall–Kier alpha value is -1.13. The van der Waals surface area contributed by atoms with Crippen LogP contribution in [0, 0.1) is 0 Å². The molecule has 1 aromatic heterocycles. The maximum Gasteiger partial charge on any atom is 0.128 e. The first-order valence-electron chi connectivity index (χ1n) is 3.66. The van der Waals surface area contributed by atoms with Gasteiger partial charge in [-0.3, -0.25) is 4.98 Å². The Kier molecular flexibility index (Phi) is 3.50. The van der Waals surface area contributed by atoms with E-state index in [9.17, 15) is 0 Å². The molecule has 1 aromatic rings. The second-order valence-corrected chi connectivity index (χ2v) is 2.21. The van der Waals surface area contributed by atoms with Crippen molar-refractivity contribution in [2.45, 2.75) is 6.61 Å². The number of ether oxygens (including phenoxy) is 1. The second kappa shape index (κ2) is 4.69. The average Bonchev–Trinajstić information content (AvgIpc) is 2.15. The van der Waals surface area contributed by atoms with E-state index in [1.807, 2.05) is 0 Å². The topological polar surface area (TPSA) is 62.6 Å². The monoisotopic (exact) mass is 169 g/mol. The predicted octanol–water partition coefficient (Wildman–Crippen LogP) is -0.0550. The van der Waals surface area contributed by atoms with Gasteiger partial charge in [-0.25, -0.2) is 0 Å². The number of rotatable bonds is 4. The van der Waals surface area contributed by atoms with Crippen LogP contribution in [-0.2, 0) is 6.61 Å². The van der Waals surface area contributed by atoms with Crippen molar-refractivity contribution in [1.82, 2.24) is 4.98 Å². The molecule has 0 aromatic carbocycles. The van der Waals surface area contributed by atoms with Gasteiger partial charge in [0.15, 0.2) is 0 Å². The molecule has 0 spiro atoms. The summed E-state index contributed by atoms with van der Waals surface area (Å²) in [5, 5.41) is 17.3. The minimum Gasteiger partial charge on any atom is -0.491 e. The highest BCUT2D eigenvalue weighted by molar-refractivity contribution is 5.29. The Morgan fingerprint density at radius 3 is 2.92 bits per heavy atom. The Balaban J connectivity index is 2.68. The van der Waals surface area contributed by atoms with Crippen LogP contribution in [0.2, 0.25) is 0 Å². The van der Waals surface area contributed by atoms with Gasteiger partial charge in [0.1, 0.15) is 12.4 Å². The zero-order chi connectivity index (χ0) is 8.81. The Bertz CT molecular complexity index is 239. The van der Waals surface area contributed by atoms with E-state index in [2.05, 4.69) is 4.98 Å². The van der Waals surface area contributed by atoms with Gasteiger partial charge in [0.25, 0.3) is 0 Å². The summed E-state index contributed by atoms with van der Waals surface area (Å²) in [5.74, 6) is 0.571. The molecule has 1 heterocycles. The third-order valence-electron chi connectivity index (χ3n) is 1.38. The predicted molar refractivity (Wildman–Crippen MR) is 42.7 cm³/mol. The van der Waals surface area contributed by atoms with Crippen molar-refractivity contribution in [2.24, 2.45) is 0 Å². The molecule has 0 amide bonds. The van der Waals surface area contributed by atoms with Crippen molar-refractivity contribution in [3.05, 3.63) is 24.0 Å². The molecule has 0 saturated carbocycles. The summed E-state index contributed by atoms with van der Waals surface area (Å²) in [6.45, 7) is 0.0960. The highest BCUT2D eigenvalue weighted by Gasteiger charge is 2.00. The molecule has 12 heavy (non-hydrogen) atoms. The van der Waals surface area contributed by atoms with Crippen molar-refractivity contribution in [2.75, 3.05) is 13.2 Å². The van der Waals surface area contributed by atoms with Crippen molar-refractivity contribution >= 4 is 0 Å². The molecule has 0 fully saturated rings. The van der Waals surface area contributed by atoms with Crippen LogP contribution < -0.4 is 4.74 Å². The molecule has 1 rings (SSSR count). The lowest BCUT2D eigenvalue weighted by Crippen LogP contribution is -2.03. The summed E-state index contributed by atoms with van der Waals surface area (Å²) in [4.78, 5) is 3.82. The van der Waals surface area contributed by atoms with Gasteiger partial charge in [0.2, 0.25) is 0 Å². The molecule has 0 saturated heterocycles. The normalized spacial score (nSPS) is 9.83. The molecule has 0 radical (unpaired) electrons. The van der Waals surface area contributed by atoms with E-state index in [4.69, 9.17) is 14.9 Å². The maximum absolute atomic E-state index is 8.84. The van der Waals surface area contributed by atoms with Crippen LogP contribution in [0.15, 0.2) is 18.5 Å². The van der Waals surface area contributed by atoms with Crippen LogP contribution in [0.4, 0.5) is 0 Å². The number of aliphatic hydroxyl groups excluding tert-OH is 2. The first-order chi connectivity index (χ1) is 5.88. The summed E-state index contributed by atoms with van der Waals surface area (Å²) in [6.07, 6.45) is 3.11. The van der Waals surface area contributed by atoms with Crippen molar-refractivity contribution in [3.63, 3.8) is 0 Å². The van der Waals surface area contributed by atoms with Crippen LogP contribution >= 0.6 is 0 Å². The zero-order valence-corrected chi connectivity index (χ0v) is 6.60. The fraction of sp³-hybridized carbons (Fsp3) is 0.375. The number of pyridine rings is 1. The molecule has 4 nitrogen and oxygen atoms in total. The number of aliphatic hydroxyl groups is 2.